The molecule has 0 saturated carbocycles. The zero-order valence-corrected chi connectivity index (χ0v) is 12.0. The Morgan fingerprint density at radius 1 is 0.889 bits per heavy atom. The second-order valence-electron chi connectivity index (χ2n) is 2.83. The molecular formula is C16H30N2. The lowest BCUT2D eigenvalue weighted by atomic mass is 10.2. The van der Waals surface area contributed by atoms with Crippen LogP contribution < -0.4 is 0 Å². The van der Waals surface area contributed by atoms with Crippen LogP contribution in [-0.4, -0.2) is 9.78 Å². The van der Waals surface area contributed by atoms with Crippen LogP contribution in [0.3, 0.4) is 0 Å². The van der Waals surface area contributed by atoms with Gasteiger partial charge in [-0.2, -0.15) is 5.10 Å². The van der Waals surface area contributed by atoms with E-state index in [1.54, 1.807) is 10.9 Å². The zero-order valence-electron chi connectivity index (χ0n) is 12.0. The van der Waals surface area contributed by atoms with Crippen LogP contribution in [0.5, 0.6) is 0 Å². The van der Waals surface area contributed by atoms with E-state index >= 15 is 0 Å². The molecule has 2 rings (SSSR count). The number of nitrogens with zero attached hydrogens (tertiary/aromatic N) is 2. The van der Waals surface area contributed by atoms with E-state index in [2.05, 4.69) is 24.2 Å². The zero-order chi connectivity index (χ0) is 13.5. The van der Waals surface area contributed by atoms with Crippen LogP contribution >= 0.6 is 0 Å². The Labute approximate surface area is 114 Å². The minimum atomic E-state index is 0. The molecule has 0 aliphatic carbocycles. The van der Waals surface area contributed by atoms with Gasteiger partial charge >= 0.3 is 0 Å². The molecule has 0 aliphatic rings. The number of hydrogen-bond donors (Lipinski definition) is 0. The molecule has 0 aliphatic heterocycles. The van der Waals surface area contributed by atoms with Crippen molar-refractivity contribution < 1.29 is 0 Å². The van der Waals surface area contributed by atoms with Gasteiger partial charge in [0.25, 0.3) is 0 Å². The van der Waals surface area contributed by atoms with Crippen LogP contribution in [0.4, 0.5) is 0 Å². The minimum Gasteiger partial charge on any atom is -0.276 e. The van der Waals surface area contributed by atoms with E-state index in [9.17, 15) is 0 Å². The fraction of sp³-hybridized carbons (Fsp3) is 0.438. The second-order valence-corrected chi connectivity index (χ2v) is 2.83. The van der Waals surface area contributed by atoms with Gasteiger partial charge < -0.3 is 0 Å². The minimum absolute atomic E-state index is 0. The van der Waals surface area contributed by atoms with E-state index in [4.69, 9.17) is 0 Å². The van der Waals surface area contributed by atoms with Crippen molar-refractivity contribution in [3.63, 3.8) is 0 Å². The SMILES string of the molecule is C.CC.CC.Cc1ccccc1.Cn1cccn1. The summed E-state index contributed by atoms with van der Waals surface area (Å²) < 4.78 is 1.75. The van der Waals surface area contributed by atoms with Gasteiger partial charge in [-0.25, -0.2) is 0 Å². The Balaban J connectivity index is -0.000000189. The summed E-state index contributed by atoms with van der Waals surface area (Å²) in [5.74, 6) is 0. The van der Waals surface area contributed by atoms with Crippen molar-refractivity contribution in [1.82, 2.24) is 9.78 Å². The molecule has 104 valence electrons. The number of benzene rings is 1. The highest BCUT2D eigenvalue weighted by atomic mass is 15.2. The second kappa shape index (κ2) is 17.8. The van der Waals surface area contributed by atoms with Gasteiger partial charge in [0.1, 0.15) is 0 Å². The summed E-state index contributed by atoms with van der Waals surface area (Å²) >= 11 is 0. The van der Waals surface area contributed by atoms with Gasteiger partial charge in [0.05, 0.1) is 0 Å². The van der Waals surface area contributed by atoms with E-state index in [0.717, 1.165) is 0 Å². The summed E-state index contributed by atoms with van der Waals surface area (Å²) in [6.07, 6.45) is 3.64. The molecule has 0 spiro atoms. The predicted octanol–water partition coefficient (Wildman–Crippen LogP) is 5.10. The van der Waals surface area contributed by atoms with Gasteiger partial charge in [0, 0.05) is 19.4 Å². The maximum Gasteiger partial charge on any atom is 0.0489 e. The van der Waals surface area contributed by atoms with Crippen LogP contribution in [0, 0.1) is 6.92 Å². The third-order valence-electron chi connectivity index (χ3n) is 1.58. The first-order valence-corrected chi connectivity index (χ1v) is 6.24. The molecule has 1 aromatic carbocycles. The van der Waals surface area contributed by atoms with E-state index in [-0.39, 0.29) is 7.43 Å². The van der Waals surface area contributed by atoms with Crippen LogP contribution in [0.15, 0.2) is 48.8 Å². The summed E-state index contributed by atoms with van der Waals surface area (Å²) in [5.41, 5.74) is 1.32. The quantitative estimate of drug-likeness (QED) is 0.635. The maximum atomic E-state index is 3.83. The van der Waals surface area contributed by atoms with E-state index in [1.165, 1.54) is 5.56 Å². The summed E-state index contributed by atoms with van der Waals surface area (Å²) in [6, 6.07) is 12.2. The largest absolute Gasteiger partial charge is 0.276 e. The van der Waals surface area contributed by atoms with Gasteiger partial charge in [0.2, 0.25) is 0 Å². The van der Waals surface area contributed by atoms with E-state index < -0.39 is 0 Å². The van der Waals surface area contributed by atoms with E-state index in [0.29, 0.717) is 0 Å². The number of hydrogen-bond acceptors (Lipinski definition) is 1. The van der Waals surface area contributed by atoms with Gasteiger partial charge in [-0.3, -0.25) is 4.68 Å². The van der Waals surface area contributed by atoms with Gasteiger partial charge in [-0.1, -0.05) is 71.0 Å². The van der Waals surface area contributed by atoms with Crippen LogP contribution in [0.25, 0.3) is 0 Å². The lowest BCUT2D eigenvalue weighted by Gasteiger charge is -1.82. The molecule has 2 aromatic rings. The highest BCUT2D eigenvalue weighted by Crippen LogP contribution is 1.92. The molecular weight excluding hydrogens is 220 g/mol. The summed E-state index contributed by atoms with van der Waals surface area (Å²) in [4.78, 5) is 0. The molecule has 0 bridgehead atoms. The molecule has 18 heavy (non-hydrogen) atoms. The average molecular weight is 250 g/mol. The maximum absolute atomic E-state index is 3.83. The highest BCUT2D eigenvalue weighted by Gasteiger charge is 1.72. The van der Waals surface area contributed by atoms with E-state index in [1.807, 2.05) is 65.2 Å². The molecule has 0 unspecified atom stereocenters. The Morgan fingerprint density at radius 3 is 1.56 bits per heavy atom. The summed E-state index contributed by atoms with van der Waals surface area (Å²) in [5, 5.41) is 3.83. The first-order chi connectivity index (χ1) is 8.29. The fourth-order valence-corrected chi connectivity index (χ4v) is 0.880. The normalized spacial score (nSPS) is 7.00. The molecule has 2 heteroatoms. The van der Waals surface area contributed by atoms with Gasteiger partial charge in [-0.05, 0) is 13.0 Å². The standard InChI is InChI=1S/C7H8.C4H6N2.2C2H6.CH4/c1-7-5-3-2-4-6-7;1-6-4-2-3-5-6;2*1-2;/h2-6H,1H3;2-4H,1H3;2*1-2H3;1H4. The lowest BCUT2D eigenvalue weighted by Crippen LogP contribution is -1.83. The van der Waals surface area contributed by atoms with Crippen molar-refractivity contribution in [2.75, 3.05) is 0 Å². The van der Waals surface area contributed by atoms with Crippen LogP contribution in [-0.2, 0) is 7.05 Å². The first-order valence-electron chi connectivity index (χ1n) is 6.24. The van der Waals surface area contributed by atoms with Crippen molar-refractivity contribution >= 4 is 0 Å². The number of rotatable bonds is 0. The van der Waals surface area contributed by atoms with Crippen molar-refractivity contribution in [3.8, 4) is 0 Å². The Morgan fingerprint density at radius 2 is 1.39 bits per heavy atom. The van der Waals surface area contributed by atoms with Gasteiger partial charge in [-0.15, -0.1) is 0 Å². The molecule has 0 radical (unpaired) electrons. The Hall–Kier alpha value is -1.57. The lowest BCUT2D eigenvalue weighted by molar-refractivity contribution is 0.768. The summed E-state index contributed by atoms with van der Waals surface area (Å²) in [7, 11) is 1.89. The average Bonchev–Trinajstić information content (AvgIpc) is 2.87. The molecule has 1 heterocycles. The Kier molecular flexibility index (Phi) is 21.5. The van der Waals surface area contributed by atoms with Crippen LogP contribution in [0.2, 0.25) is 0 Å². The van der Waals surface area contributed by atoms with Crippen molar-refractivity contribution in [1.29, 1.82) is 0 Å². The third kappa shape index (κ3) is 14.4. The molecule has 1 aromatic heterocycles. The molecule has 2 nitrogen and oxygen atoms in total. The number of aromatic nitrogens is 2. The van der Waals surface area contributed by atoms with Crippen molar-refractivity contribution in [2.24, 2.45) is 7.05 Å². The van der Waals surface area contributed by atoms with Gasteiger partial charge in [0.15, 0.2) is 0 Å². The Bertz CT molecular complexity index is 312. The number of aryl methyl sites for hydroxylation is 2. The smallest absolute Gasteiger partial charge is 0.0489 e. The molecule has 0 saturated heterocycles. The monoisotopic (exact) mass is 250 g/mol. The third-order valence-corrected chi connectivity index (χ3v) is 1.58. The van der Waals surface area contributed by atoms with Crippen molar-refractivity contribution in [3.05, 3.63) is 54.4 Å². The molecule has 0 atom stereocenters. The fourth-order valence-electron chi connectivity index (χ4n) is 0.880. The van der Waals surface area contributed by atoms with Crippen LogP contribution in [0.1, 0.15) is 40.7 Å². The molecule has 0 N–H and O–H groups in total. The molecule has 0 fully saturated rings. The highest BCUT2D eigenvalue weighted by molar-refractivity contribution is 5.11. The van der Waals surface area contributed by atoms with Crippen molar-refractivity contribution in [2.45, 2.75) is 42.0 Å². The molecule has 0 amide bonds. The first kappa shape index (κ1) is 21.7. The topological polar surface area (TPSA) is 17.8 Å². The summed E-state index contributed by atoms with van der Waals surface area (Å²) in [6.45, 7) is 10.1. The predicted molar refractivity (Wildman–Crippen MR) is 83.8 cm³/mol.